The zero-order valence-electron chi connectivity index (χ0n) is 10.2. The van der Waals surface area contributed by atoms with Gasteiger partial charge in [-0.2, -0.15) is 0 Å². The molecule has 4 heteroatoms. The highest BCUT2D eigenvalue weighted by atomic mass is 16.5. The minimum Gasteiger partial charge on any atom is -0.468 e. The molecule has 0 aromatic rings. The molecule has 1 aliphatic heterocycles. The minimum absolute atomic E-state index is 0.186. The molecule has 88 valence electrons. The van der Waals surface area contributed by atoms with Crippen LogP contribution in [0.4, 0.5) is 0 Å². The molecule has 0 bridgehead atoms. The van der Waals surface area contributed by atoms with Crippen molar-refractivity contribution in [2.24, 2.45) is 0 Å². The molecular weight excluding hydrogens is 194 g/mol. The molecule has 0 spiro atoms. The molecule has 0 aromatic heterocycles. The summed E-state index contributed by atoms with van der Waals surface area (Å²) in [6.07, 6.45) is 0. The Bertz CT molecular complexity index is 238. The van der Waals surface area contributed by atoms with Crippen LogP contribution in [0.25, 0.3) is 0 Å². The van der Waals surface area contributed by atoms with E-state index in [1.165, 1.54) is 7.11 Å². The van der Waals surface area contributed by atoms with Gasteiger partial charge in [-0.05, 0) is 27.7 Å². The largest absolute Gasteiger partial charge is 0.468 e. The highest BCUT2D eigenvalue weighted by Crippen LogP contribution is 2.23. The van der Waals surface area contributed by atoms with Gasteiger partial charge in [0.2, 0.25) is 0 Å². The maximum absolute atomic E-state index is 11.5. The highest BCUT2D eigenvalue weighted by Gasteiger charge is 2.39. The lowest BCUT2D eigenvalue weighted by Crippen LogP contribution is -2.59. The van der Waals surface area contributed by atoms with Crippen molar-refractivity contribution >= 4 is 5.97 Å². The van der Waals surface area contributed by atoms with Gasteiger partial charge in [0.1, 0.15) is 6.04 Å². The first-order valence-corrected chi connectivity index (χ1v) is 5.35. The van der Waals surface area contributed by atoms with E-state index < -0.39 is 0 Å². The second kappa shape index (κ2) is 4.49. The van der Waals surface area contributed by atoms with Crippen LogP contribution in [0.5, 0.6) is 0 Å². The fraction of sp³-hybridized carbons (Fsp3) is 0.909. The predicted octanol–water partition coefficient (Wildman–Crippen LogP) is 1.05. The summed E-state index contributed by atoms with van der Waals surface area (Å²) < 4.78 is 10.4. The Morgan fingerprint density at radius 3 is 2.60 bits per heavy atom. The third-order valence-corrected chi connectivity index (χ3v) is 2.73. The standard InChI is InChI=1S/C11H21NO3/c1-8(2)12-7-11(3,4)15-6-9(12)10(13)14-5/h8-9H,6-7H2,1-5H3. The van der Waals surface area contributed by atoms with E-state index in [4.69, 9.17) is 9.47 Å². The SMILES string of the molecule is COC(=O)C1COC(C)(C)CN1C(C)C. The van der Waals surface area contributed by atoms with Crippen LogP contribution >= 0.6 is 0 Å². The van der Waals surface area contributed by atoms with Gasteiger partial charge in [-0.1, -0.05) is 0 Å². The zero-order chi connectivity index (χ0) is 11.6. The van der Waals surface area contributed by atoms with Crippen LogP contribution < -0.4 is 0 Å². The Balaban J connectivity index is 2.76. The lowest BCUT2D eigenvalue weighted by molar-refractivity contribution is -0.168. The first kappa shape index (κ1) is 12.5. The van der Waals surface area contributed by atoms with Gasteiger partial charge in [0.15, 0.2) is 0 Å². The second-order valence-electron chi connectivity index (χ2n) is 4.88. The maximum Gasteiger partial charge on any atom is 0.325 e. The molecule has 4 nitrogen and oxygen atoms in total. The molecule has 1 fully saturated rings. The van der Waals surface area contributed by atoms with Crippen molar-refractivity contribution < 1.29 is 14.3 Å². The molecule has 1 heterocycles. The number of carbonyl (C=O) groups is 1. The van der Waals surface area contributed by atoms with Crippen molar-refractivity contribution in [3.8, 4) is 0 Å². The Kier molecular flexibility index (Phi) is 3.73. The Morgan fingerprint density at radius 2 is 2.13 bits per heavy atom. The van der Waals surface area contributed by atoms with Crippen molar-refractivity contribution in [2.75, 3.05) is 20.3 Å². The van der Waals surface area contributed by atoms with Gasteiger partial charge in [-0.3, -0.25) is 9.69 Å². The van der Waals surface area contributed by atoms with Crippen molar-refractivity contribution in [3.05, 3.63) is 0 Å². The van der Waals surface area contributed by atoms with E-state index in [1.54, 1.807) is 0 Å². The molecule has 0 aromatic carbocycles. The van der Waals surface area contributed by atoms with Crippen LogP contribution in [-0.2, 0) is 14.3 Å². The van der Waals surface area contributed by atoms with E-state index in [2.05, 4.69) is 18.7 Å². The lowest BCUT2D eigenvalue weighted by Gasteiger charge is -2.44. The molecule has 0 amide bonds. The van der Waals surface area contributed by atoms with E-state index in [0.29, 0.717) is 12.6 Å². The number of esters is 1. The van der Waals surface area contributed by atoms with Crippen LogP contribution in [-0.4, -0.2) is 48.8 Å². The van der Waals surface area contributed by atoms with Crippen molar-refractivity contribution in [1.29, 1.82) is 0 Å². The average Bonchev–Trinajstić information content (AvgIpc) is 2.15. The van der Waals surface area contributed by atoms with E-state index >= 15 is 0 Å². The molecule has 0 aliphatic carbocycles. The Morgan fingerprint density at radius 1 is 1.53 bits per heavy atom. The molecule has 1 aliphatic rings. The number of nitrogens with zero attached hydrogens (tertiary/aromatic N) is 1. The number of carbonyl (C=O) groups excluding carboxylic acids is 1. The molecule has 1 rings (SSSR count). The summed E-state index contributed by atoms with van der Waals surface area (Å²) in [5.74, 6) is -0.209. The third-order valence-electron chi connectivity index (χ3n) is 2.73. The van der Waals surface area contributed by atoms with Crippen molar-refractivity contribution in [1.82, 2.24) is 4.90 Å². The molecule has 1 unspecified atom stereocenters. The van der Waals surface area contributed by atoms with Crippen LogP contribution in [0.3, 0.4) is 0 Å². The summed E-state index contributed by atoms with van der Waals surface area (Å²) in [5, 5.41) is 0. The van der Waals surface area contributed by atoms with Gasteiger partial charge in [-0.25, -0.2) is 0 Å². The van der Waals surface area contributed by atoms with Crippen LogP contribution in [0.2, 0.25) is 0 Å². The number of hydrogen-bond acceptors (Lipinski definition) is 4. The lowest BCUT2D eigenvalue weighted by atomic mass is 10.0. The number of morpholine rings is 1. The first-order chi connectivity index (χ1) is 6.87. The molecular formula is C11H21NO3. The molecule has 1 saturated heterocycles. The summed E-state index contributed by atoms with van der Waals surface area (Å²) in [5.41, 5.74) is -0.186. The highest BCUT2D eigenvalue weighted by molar-refractivity contribution is 5.76. The van der Waals surface area contributed by atoms with Gasteiger partial charge in [0.05, 0.1) is 19.3 Å². The first-order valence-electron chi connectivity index (χ1n) is 5.35. The summed E-state index contributed by atoms with van der Waals surface area (Å²) in [6.45, 7) is 9.41. The molecule has 0 saturated carbocycles. The molecule has 0 radical (unpaired) electrons. The van der Waals surface area contributed by atoms with Gasteiger partial charge in [0, 0.05) is 12.6 Å². The molecule has 1 atom stereocenters. The quantitative estimate of drug-likeness (QED) is 0.645. The minimum atomic E-state index is -0.261. The number of rotatable bonds is 2. The predicted molar refractivity (Wildman–Crippen MR) is 57.7 cm³/mol. The number of ether oxygens (including phenoxy) is 2. The van der Waals surface area contributed by atoms with E-state index in [9.17, 15) is 4.79 Å². The Labute approximate surface area is 91.5 Å². The summed E-state index contributed by atoms with van der Waals surface area (Å²) >= 11 is 0. The van der Waals surface area contributed by atoms with Crippen molar-refractivity contribution in [3.63, 3.8) is 0 Å². The van der Waals surface area contributed by atoms with Crippen LogP contribution in [0.1, 0.15) is 27.7 Å². The van der Waals surface area contributed by atoms with Gasteiger partial charge < -0.3 is 9.47 Å². The van der Waals surface area contributed by atoms with Crippen molar-refractivity contribution in [2.45, 2.75) is 45.4 Å². The van der Waals surface area contributed by atoms with E-state index in [0.717, 1.165) is 6.54 Å². The van der Waals surface area contributed by atoms with Gasteiger partial charge >= 0.3 is 5.97 Å². The number of hydrogen-bond donors (Lipinski definition) is 0. The third kappa shape index (κ3) is 2.92. The molecule has 0 N–H and O–H groups in total. The summed E-state index contributed by atoms with van der Waals surface area (Å²) in [6, 6.07) is 0.0558. The van der Waals surface area contributed by atoms with Gasteiger partial charge in [-0.15, -0.1) is 0 Å². The fourth-order valence-electron chi connectivity index (χ4n) is 1.88. The normalized spacial score (nSPS) is 26.7. The van der Waals surface area contributed by atoms with E-state index in [1.807, 2.05) is 13.8 Å². The topological polar surface area (TPSA) is 38.8 Å². The number of methoxy groups -OCH3 is 1. The summed E-state index contributed by atoms with van der Waals surface area (Å²) in [4.78, 5) is 13.7. The average molecular weight is 215 g/mol. The fourth-order valence-corrected chi connectivity index (χ4v) is 1.88. The van der Waals surface area contributed by atoms with Gasteiger partial charge in [0.25, 0.3) is 0 Å². The zero-order valence-corrected chi connectivity index (χ0v) is 10.2. The monoisotopic (exact) mass is 215 g/mol. The Hall–Kier alpha value is -0.610. The molecule has 15 heavy (non-hydrogen) atoms. The van der Waals surface area contributed by atoms with Crippen LogP contribution in [0, 0.1) is 0 Å². The maximum atomic E-state index is 11.5. The smallest absolute Gasteiger partial charge is 0.325 e. The second-order valence-corrected chi connectivity index (χ2v) is 4.88. The van der Waals surface area contributed by atoms with Crippen LogP contribution in [0.15, 0.2) is 0 Å². The summed E-state index contributed by atoms with van der Waals surface area (Å²) in [7, 11) is 1.42. The van der Waals surface area contributed by atoms with E-state index in [-0.39, 0.29) is 17.6 Å².